The second kappa shape index (κ2) is 13.8. The van der Waals surface area contributed by atoms with Crippen LogP contribution < -0.4 is 4.74 Å². The monoisotopic (exact) mass is 479 g/mol. The van der Waals surface area contributed by atoms with Gasteiger partial charge in [-0.25, -0.2) is 19.3 Å². The second-order valence-electron chi connectivity index (χ2n) is 10.1. The molecule has 0 aromatic heterocycles. The van der Waals surface area contributed by atoms with E-state index < -0.39 is 23.4 Å². The molecule has 2 amide bonds. The molecule has 0 atom stereocenters. The third-order valence-electron chi connectivity index (χ3n) is 4.55. The first-order valence-corrected chi connectivity index (χ1v) is 11.9. The van der Waals surface area contributed by atoms with Gasteiger partial charge in [0.1, 0.15) is 17.0 Å². The van der Waals surface area contributed by atoms with Crippen LogP contribution in [-0.4, -0.2) is 54.5 Å². The van der Waals surface area contributed by atoms with E-state index in [2.05, 4.69) is 4.74 Å². The molecule has 1 rings (SSSR count). The Bertz CT molecular complexity index is 748. The van der Waals surface area contributed by atoms with Gasteiger partial charge in [0, 0.05) is 6.54 Å². The predicted molar refractivity (Wildman–Crippen MR) is 130 cm³/mol. The maximum Gasteiger partial charge on any atom is 0.419 e. The van der Waals surface area contributed by atoms with Gasteiger partial charge in [-0.1, -0.05) is 25.7 Å². The highest BCUT2D eigenvalue weighted by Crippen LogP contribution is 2.17. The summed E-state index contributed by atoms with van der Waals surface area (Å²) in [7, 11) is 1.35. The lowest BCUT2D eigenvalue weighted by atomic mass is 10.1. The molecule has 0 saturated carbocycles. The first kappa shape index (κ1) is 29.3. The van der Waals surface area contributed by atoms with Gasteiger partial charge in [-0.15, -0.1) is 0 Å². The zero-order chi connectivity index (χ0) is 25.8. The van der Waals surface area contributed by atoms with Gasteiger partial charge in [0.2, 0.25) is 0 Å². The van der Waals surface area contributed by atoms with Gasteiger partial charge in [0.15, 0.2) is 0 Å². The van der Waals surface area contributed by atoms with Crippen LogP contribution in [0.15, 0.2) is 24.3 Å². The number of hydrogen-bond acceptors (Lipinski definition) is 7. The topological polar surface area (TPSA) is 91.4 Å². The zero-order valence-electron chi connectivity index (χ0n) is 21.8. The average molecular weight is 480 g/mol. The molecule has 8 heteroatoms. The van der Waals surface area contributed by atoms with Gasteiger partial charge < -0.3 is 18.9 Å². The molecule has 0 aliphatic carbocycles. The summed E-state index contributed by atoms with van der Waals surface area (Å²) >= 11 is 0. The van der Waals surface area contributed by atoms with Crippen molar-refractivity contribution in [3.05, 3.63) is 29.8 Å². The van der Waals surface area contributed by atoms with E-state index in [1.165, 1.54) is 7.11 Å². The standard InChI is InChI=1S/C26H41NO7/c1-25(2,3)33-23(29)27(24(30)34-26(4,5)6)18-12-10-8-9-11-13-19-32-21-16-14-20(15-17-21)22(28)31-7/h14-17H,8-13,18-19H2,1-7H3. The summed E-state index contributed by atoms with van der Waals surface area (Å²) in [5, 5.41) is 0. The van der Waals surface area contributed by atoms with E-state index in [-0.39, 0.29) is 12.5 Å². The smallest absolute Gasteiger partial charge is 0.419 e. The van der Waals surface area contributed by atoms with E-state index in [0.29, 0.717) is 18.6 Å². The Morgan fingerprint density at radius 3 is 1.68 bits per heavy atom. The minimum absolute atomic E-state index is 0.258. The normalized spacial score (nSPS) is 11.5. The fourth-order valence-corrected chi connectivity index (χ4v) is 2.97. The number of nitrogens with zero attached hydrogens (tertiary/aromatic N) is 1. The highest BCUT2D eigenvalue weighted by Gasteiger charge is 2.30. The minimum atomic E-state index is -0.692. The van der Waals surface area contributed by atoms with Crippen LogP contribution in [-0.2, 0) is 14.2 Å². The number of unbranched alkanes of at least 4 members (excludes halogenated alkanes) is 5. The molecule has 0 aliphatic rings. The SMILES string of the molecule is COC(=O)c1ccc(OCCCCCCCCN(C(=O)OC(C)(C)C)C(=O)OC(C)(C)C)cc1. The predicted octanol–water partition coefficient (Wildman–Crippen LogP) is 6.36. The molecule has 0 spiro atoms. The van der Waals surface area contributed by atoms with Crippen LogP contribution in [0.1, 0.15) is 90.4 Å². The lowest BCUT2D eigenvalue weighted by Gasteiger charge is -2.28. The molecule has 0 saturated heterocycles. The maximum absolute atomic E-state index is 12.5. The number of imide groups is 1. The van der Waals surface area contributed by atoms with E-state index in [9.17, 15) is 14.4 Å². The second-order valence-corrected chi connectivity index (χ2v) is 10.1. The lowest BCUT2D eigenvalue weighted by Crippen LogP contribution is -2.44. The number of ether oxygens (including phenoxy) is 4. The van der Waals surface area contributed by atoms with Crippen LogP contribution >= 0.6 is 0 Å². The molecule has 0 radical (unpaired) electrons. The van der Waals surface area contributed by atoms with Crippen molar-refractivity contribution < 1.29 is 33.3 Å². The van der Waals surface area contributed by atoms with Crippen molar-refractivity contribution in [3.8, 4) is 5.75 Å². The number of rotatable bonds is 11. The minimum Gasteiger partial charge on any atom is -0.494 e. The van der Waals surface area contributed by atoms with Crippen molar-refractivity contribution in [3.63, 3.8) is 0 Å². The van der Waals surface area contributed by atoms with Crippen molar-refractivity contribution in [1.82, 2.24) is 4.90 Å². The van der Waals surface area contributed by atoms with Crippen molar-refractivity contribution in [2.45, 2.75) is 91.3 Å². The van der Waals surface area contributed by atoms with Gasteiger partial charge in [-0.3, -0.25) is 0 Å². The molecule has 1 aromatic rings. The quantitative estimate of drug-likeness (QED) is 0.207. The van der Waals surface area contributed by atoms with Gasteiger partial charge in [-0.05, 0) is 78.6 Å². The third-order valence-corrected chi connectivity index (χ3v) is 4.55. The number of carbonyl (C=O) groups is 3. The number of benzene rings is 1. The molecule has 0 heterocycles. The Labute approximate surface area is 203 Å². The Balaban J connectivity index is 2.30. The summed E-state index contributed by atoms with van der Waals surface area (Å²) in [6, 6.07) is 6.87. The van der Waals surface area contributed by atoms with E-state index in [1.807, 2.05) is 0 Å². The van der Waals surface area contributed by atoms with E-state index in [4.69, 9.17) is 14.2 Å². The maximum atomic E-state index is 12.5. The summed E-state index contributed by atoms with van der Waals surface area (Å²) in [5.74, 6) is 0.351. The fourth-order valence-electron chi connectivity index (χ4n) is 2.97. The summed E-state index contributed by atoms with van der Waals surface area (Å²) < 4.78 is 21.1. The Kier molecular flexibility index (Phi) is 11.9. The highest BCUT2D eigenvalue weighted by atomic mass is 16.6. The van der Waals surface area contributed by atoms with E-state index in [0.717, 1.165) is 42.8 Å². The van der Waals surface area contributed by atoms with Crippen LogP contribution in [0.4, 0.5) is 9.59 Å². The van der Waals surface area contributed by atoms with Crippen molar-refractivity contribution in [1.29, 1.82) is 0 Å². The van der Waals surface area contributed by atoms with Gasteiger partial charge in [0.25, 0.3) is 0 Å². The molecule has 34 heavy (non-hydrogen) atoms. The molecule has 0 N–H and O–H groups in total. The Hall–Kier alpha value is -2.77. The molecule has 0 aliphatic heterocycles. The highest BCUT2D eigenvalue weighted by molar-refractivity contribution is 5.89. The summed E-state index contributed by atoms with van der Waals surface area (Å²) in [6.07, 6.45) is 4.16. The molecular formula is C26H41NO7. The average Bonchev–Trinajstić information content (AvgIpc) is 2.72. The Morgan fingerprint density at radius 1 is 0.735 bits per heavy atom. The largest absolute Gasteiger partial charge is 0.494 e. The third kappa shape index (κ3) is 12.5. The van der Waals surface area contributed by atoms with Crippen LogP contribution in [0.25, 0.3) is 0 Å². The summed E-state index contributed by atoms with van der Waals surface area (Å²) in [4.78, 5) is 37.4. The summed E-state index contributed by atoms with van der Waals surface area (Å²) in [5.41, 5.74) is -0.891. The van der Waals surface area contributed by atoms with Crippen LogP contribution in [0.2, 0.25) is 0 Å². The first-order chi connectivity index (χ1) is 15.8. The van der Waals surface area contributed by atoms with Gasteiger partial charge >= 0.3 is 18.2 Å². The molecule has 1 aromatic carbocycles. The van der Waals surface area contributed by atoms with Gasteiger partial charge in [-0.2, -0.15) is 0 Å². The van der Waals surface area contributed by atoms with E-state index in [1.54, 1.807) is 65.8 Å². The van der Waals surface area contributed by atoms with Crippen molar-refractivity contribution in [2.24, 2.45) is 0 Å². The number of methoxy groups -OCH3 is 1. The fraction of sp³-hybridized carbons (Fsp3) is 0.654. The van der Waals surface area contributed by atoms with Crippen LogP contribution in [0.5, 0.6) is 5.75 Å². The van der Waals surface area contributed by atoms with Crippen LogP contribution in [0.3, 0.4) is 0 Å². The Morgan fingerprint density at radius 2 is 1.21 bits per heavy atom. The molecule has 8 nitrogen and oxygen atoms in total. The van der Waals surface area contributed by atoms with Gasteiger partial charge in [0.05, 0.1) is 19.3 Å². The molecule has 0 bridgehead atoms. The summed E-state index contributed by atoms with van der Waals surface area (Å²) in [6.45, 7) is 11.4. The number of carbonyl (C=O) groups excluding carboxylic acids is 3. The number of esters is 1. The lowest BCUT2D eigenvalue weighted by molar-refractivity contribution is 0.00114. The van der Waals surface area contributed by atoms with E-state index >= 15 is 0 Å². The molecule has 0 unspecified atom stereocenters. The molecule has 0 fully saturated rings. The zero-order valence-corrected chi connectivity index (χ0v) is 21.8. The van der Waals surface area contributed by atoms with Crippen molar-refractivity contribution >= 4 is 18.2 Å². The first-order valence-electron chi connectivity index (χ1n) is 11.9. The molecular weight excluding hydrogens is 438 g/mol. The van der Waals surface area contributed by atoms with Crippen LogP contribution in [0, 0.1) is 0 Å². The number of hydrogen-bond donors (Lipinski definition) is 0. The molecule has 192 valence electrons. The van der Waals surface area contributed by atoms with Crippen molar-refractivity contribution in [2.75, 3.05) is 20.3 Å². The number of amides is 2.